The van der Waals surface area contributed by atoms with E-state index in [1.165, 1.54) is 10.4 Å². The Morgan fingerprint density at radius 1 is 1.21 bits per heavy atom. The first-order valence-corrected chi connectivity index (χ1v) is 11.1. The second-order valence-corrected chi connectivity index (χ2v) is 9.01. The maximum atomic E-state index is 13.1. The van der Waals surface area contributed by atoms with Crippen LogP contribution in [0.5, 0.6) is 0 Å². The number of hydrogen-bond acceptors (Lipinski definition) is 6. The summed E-state index contributed by atoms with van der Waals surface area (Å²) in [4.78, 5) is 42.4. The average Bonchev–Trinajstić information content (AvgIpc) is 3.38. The molecule has 0 aliphatic carbocycles. The van der Waals surface area contributed by atoms with Crippen LogP contribution in [0.25, 0.3) is 0 Å². The Labute approximate surface area is 173 Å². The highest BCUT2D eigenvalue weighted by Gasteiger charge is 2.38. The van der Waals surface area contributed by atoms with E-state index in [0.29, 0.717) is 38.9 Å². The predicted octanol–water partition coefficient (Wildman–Crippen LogP) is 1.09. The van der Waals surface area contributed by atoms with Gasteiger partial charge in [-0.3, -0.25) is 9.59 Å². The topological polar surface area (TPSA) is 99.2 Å². The fourth-order valence-electron chi connectivity index (χ4n) is 4.41. The monoisotopic (exact) mass is 421 g/mol. The molecule has 3 aliphatic rings. The molecule has 4 rings (SSSR count). The van der Waals surface area contributed by atoms with Crippen molar-refractivity contribution in [1.29, 1.82) is 0 Å². The number of piperidine rings is 1. The van der Waals surface area contributed by atoms with Crippen LogP contribution < -0.4 is 5.32 Å². The van der Waals surface area contributed by atoms with Crippen molar-refractivity contribution in [2.24, 2.45) is 0 Å². The first-order valence-electron chi connectivity index (χ1n) is 10.3. The van der Waals surface area contributed by atoms with E-state index in [9.17, 15) is 14.4 Å². The van der Waals surface area contributed by atoms with Gasteiger partial charge in [-0.1, -0.05) is 0 Å². The third kappa shape index (κ3) is 4.46. The van der Waals surface area contributed by atoms with Crippen molar-refractivity contribution in [3.05, 3.63) is 21.4 Å². The third-order valence-electron chi connectivity index (χ3n) is 5.95. The molecule has 2 amide bonds. The minimum absolute atomic E-state index is 0.00974. The van der Waals surface area contributed by atoms with Gasteiger partial charge >= 0.3 is 5.97 Å². The molecular formula is C20H27N3O5S. The smallest absolute Gasteiger partial charge is 0.329 e. The Morgan fingerprint density at radius 3 is 2.72 bits per heavy atom. The molecule has 1 aromatic heterocycles. The van der Waals surface area contributed by atoms with Crippen LogP contribution >= 0.6 is 11.3 Å². The van der Waals surface area contributed by atoms with Crippen LogP contribution in [0.1, 0.15) is 45.8 Å². The van der Waals surface area contributed by atoms with Gasteiger partial charge in [0.15, 0.2) is 0 Å². The molecule has 158 valence electrons. The summed E-state index contributed by atoms with van der Waals surface area (Å²) >= 11 is 1.57. The maximum absolute atomic E-state index is 13.1. The fourth-order valence-corrected chi connectivity index (χ4v) is 5.55. The highest BCUT2D eigenvalue weighted by molar-refractivity contribution is 7.14. The number of amides is 2. The average molecular weight is 422 g/mol. The van der Waals surface area contributed by atoms with Gasteiger partial charge in [0.2, 0.25) is 5.91 Å². The highest BCUT2D eigenvalue weighted by Crippen LogP contribution is 2.30. The SMILES string of the molecule is O=C(O)COC1CCN(C(=O)[C@@H]2CCCN2C(=O)c2cc3c(s2)CCNC3)CC1. The van der Waals surface area contributed by atoms with Gasteiger partial charge in [0.25, 0.3) is 5.91 Å². The number of aliphatic carboxylic acids is 1. The largest absolute Gasteiger partial charge is 0.480 e. The quantitative estimate of drug-likeness (QED) is 0.739. The zero-order valence-electron chi connectivity index (χ0n) is 16.4. The predicted molar refractivity (Wildman–Crippen MR) is 107 cm³/mol. The lowest BCUT2D eigenvalue weighted by molar-refractivity contribution is -0.147. The summed E-state index contributed by atoms with van der Waals surface area (Å²) in [7, 11) is 0. The number of hydrogen-bond donors (Lipinski definition) is 2. The molecule has 0 saturated carbocycles. The summed E-state index contributed by atoms with van der Waals surface area (Å²) in [6.45, 7) is 3.15. The van der Waals surface area contributed by atoms with Gasteiger partial charge < -0.3 is 25.0 Å². The normalized spacial score (nSPS) is 22.6. The number of carbonyl (C=O) groups excluding carboxylic acids is 2. The minimum atomic E-state index is -0.977. The molecule has 2 fully saturated rings. The van der Waals surface area contributed by atoms with Crippen molar-refractivity contribution in [1.82, 2.24) is 15.1 Å². The van der Waals surface area contributed by atoms with E-state index in [4.69, 9.17) is 9.84 Å². The van der Waals surface area contributed by atoms with E-state index in [1.807, 2.05) is 6.07 Å². The Balaban J connectivity index is 1.37. The first-order chi connectivity index (χ1) is 14.0. The van der Waals surface area contributed by atoms with Crippen LogP contribution in [0, 0.1) is 0 Å². The summed E-state index contributed by atoms with van der Waals surface area (Å²) < 4.78 is 5.35. The van der Waals surface area contributed by atoms with E-state index < -0.39 is 12.0 Å². The number of rotatable bonds is 5. The number of carbonyl (C=O) groups is 3. The lowest BCUT2D eigenvalue weighted by Crippen LogP contribution is -2.50. The summed E-state index contributed by atoms with van der Waals surface area (Å²) in [5.74, 6) is -0.995. The maximum Gasteiger partial charge on any atom is 0.329 e. The molecule has 0 spiro atoms. The number of likely N-dealkylation sites (tertiary alicyclic amines) is 2. The van der Waals surface area contributed by atoms with E-state index >= 15 is 0 Å². The van der Waals surface area contributed by atoms with E-state index in [0.717, 1.165) is 30.8 Å². The molecule has 29 heavy (non-hydrogen) atoms. The van der Waals surface area contributed by atoms with Crippen molar-refractivity contribution >= 4 is 29.1 Å². The van der Waals surface area contributed by atoms with E-state index in [2.05, 4.69) is 5.32 Å². The minimum Gasteiger partial charge on any atom is -0.480 e. The van der Waals surface area contributed by atoms with Gasteiger partial charge in [-0.2, -0.15) is 0 Å². The summed E-state index contributed by atoms with van der Waals surface area (Å²) in [5.41, 5.74) is 1.20. The van der Waals surface area contributed by atoms with Crippen LogP contribution in [0.2, 0.25) is 0 Å². The molecule has 4 heterocycles. The zero-order chi connectivity index (χ0) is 20.4. The standard InChI is InChI=1S/C20H27N3O5S/c24-18(25)12-28-14-4-8-22(9-5-14)19(26)15-2-1-7-23(15)20(27)17-10-13-11-21-6-3-16(13)29-17/h10,14-15,21H,1-9,11-12H2,(H,24,25)/t15-/m0/s1. The van der Waals surface area contributed by atoms with Crippen LogP contribution in [-0.4, -0.2) is 77.6 Å². The highest BCUT2D eigenvalue weighted by atomic mass is 32.1. The van der Waals surface area contributed by atoms with Crippen molar-refractivity contribution in [2.75, 3.05) is 32.8 Å². The molecule has 0 unspecified atom stereocenters. The summed E-state index contributed by atoms with van der Waals surface area (Å²) in [5, 5.41) is 12.1. The van der Waals surface area contributed by atoms with Gasteiger partial charge in [0.05, 0.1) is 11.0 Å². The molecule has 2 saturated heterocycles. The third-order valence-corrected chi connectivity index (χ3v) is 7.17. The molecule has 0 aromatic carbocycles. The number of carboxylic acids is 1. The van der Waals surface area contributed by atoms with Crippen molar-refractivity contribution in [3.8, 4) is 0 Å². The Bertz CT molecular complexity index is 764. The molecule has 8 nitrogen and oxygen atoms in total. The van der Waals surface area contributed by atoms with E-state index in [1.54, 1.807) is 21.1 Å². The van der Waals surface area contributed by atoms with Crippen molar-refractivity contribution < 1.29 is 24.2 Å². The van der Waals surface area contributed by atoms with Crippen LogP contribution in [0.4, 0.5) is 0 Å². The van der Waals surface area contributed by atoms with E-state index in [-0.39, 0.29) is 24.5 Å². The number of fused-ring (bicyclic) bond motifs is 1. The van der Waals surface area contributed by atoms with Crippen LogP contribution in [-0.2, 0) is 27.3 Å². The second kappa shape index (κ2) is 8.81. The second-order valence-electron chi connectivity index (χ2n) is 7.87. The first kappa shape index (κ1) is 20.3. The molecule has 3 aliphatic heterocycles. The zero-order valence-corrected chi connectivity index (χ0v) is 17.2. The fraction of sp³-hybridized carbons (Fsp3) is 0.650. The summed E-state index contributed by atoms with van der Waals surface area (Å²) in [6.07, 6.45) is 3.63. The van der Waals surface area contributed by atoms with Crippen molar-refractivity contribution in [2.45, 2.75) is 50.8 Å². The van der Waals surface area contributed by atoms with Crippen LogP contribution in [0.3, 0.4) is 0 Å². The lowest BCUT2D eigenvalue weighted by Gasteiger charge is -2.35. The Hall–Kier alpha value is -1.97. The number of thiophene rings is 1. The van der Waals surface area contributed by atoms with Gasteiger partial charge in [-0.15, -0.1) is 11.3 Å². The Kier molecular flexibility index (Phi) is 6.17. The van der Waals surface area contributed by atoms with Gasteiger partial charge in [-0.05, 0) is 43.7 Å². The van der Waals surface area contributed by atoms with Gasteiger partial charge in [0, 0.05) is 37.6 Å². The molecule has 0 bridgehead atoms. The molecule has 9 heteroatoms. The van der Waals surface area contributed by atoms with Gasteiger partial charge in [0.1, 0.15) is 12.6 Å². The molecule has 0 radical (unpaired) electrons. The number of nitrogens with one attached hydrogen (secondary N) is 1. The molecule has 1 aromatic rings. The number of nitrogens with zero attached hydrogens (tertiary/aromatic N) is 2. The van der Waals surface area contributed by atoms with Gasteiger partial charge in [-0.25, -0.2) is 4.79 Å². The molecule has 2 N–H and O–H groups in total. The Morgan fingerprint density at radius 2 is 2.00 bits per heavy atom. The number of ether oxygens (including phenoxy) is 1. The van der Waals surface area contributed by atoms with Crippen LogP contribution in [0.15, 0.2) is 6.07 Å². The summed E-state index contributed by atoms with van der Waals surface area (Å²) in [6, 6.07) is 1.59. The van der Waals surface area contributed by atoms with Crippen molar-refractivity contribution in [3.63, 3.8) is 0 Å². The molecule has 1 atom stereocenters. The lowest BCUT2D eigenvalue weighted by atomic mass is 10.1. The number of carboxylic acid groups (broad SMARTS) is 1. The molecular weight excluding hydrogens is 394 g/mol.